The first-order chi connectivity index (χ1) is 8.69. The number of halogens is 1. The van der Waals surface area contributed by atoms with Gasteiger partial charge in [-0.1, -0.05) is 23.7 Å². The van der Waals surface area contributed by atoms with Crippen LogP contribution < -0.4 is 10.5 Å². The number of nitrogen functional groups attached to an aromatic ring is 1. The summed E-state index contributed by atoms with van der Waals surface area (Å²) in [7, 11) is 0. The molecule has 0 aliphatic heterocycles. The molecule has 0 atom stereocenters. The van der Waals surface area contributed by atoms with E-state index in [4.69, 9.17) is 22.1 Å². The second-order valence-electron chi connectivity index (χ2n) is 3.94. The van der Waals surface area contributed by atoms with Crippen molar-refractivity contribution in [3.05, 3.63) is 58.6 Å². The molecule has 18 heavy (non-hydrogen) atoms. The van der Waals surface area contributed by atoms with Gasteiger partial charge in [-0.3, -0.25) is 0 Å². The maximum absolute atomic E-state index is 9.22. The Labute approximate surface area is 111 Å². The van der Waals surface area contributed by atoms with E-state index in [9.17, 15) is 5.11 Å². The first kappa shape index (κ1) is 12.7. The highest BCUT2D eigenvalue weighted by Crippen LogP contribution is 2.23. The van der Waals surface area contributed by atoms with Crippen molar-refractivity contribution in [2.75, 3.05) is 5.73 Å². The van der Waals surface area contributed by atoms with Gasteiger partial charge in [0.1, 0.15) is 12.4 Å². The SMILES string of the molecule is Nc1ccc(COc2ccc(Cl)cc2CO)cc1. The van der Waals surface area contributed by atoms with E-state index in [-0.39, 0.29) is 6.61 Å². The van der Waals surface area contributed by atoms with Crippen molar-refractivity contribution < 1.29 is 9.84 Å². The molecule has 2 aromatic carbocycles. The zero-order chi connectivity index (χ0) is 13.0. The molecule has 0 aliphatic rings. The summed E-state index contributed by atoms with van der Waals surface area (Å²) in [6.45, 7) is 0.326. The molecule has 0 radical (unpaired) electrons. The molecular weight excluding hydrogens is 250 g/mol. The van der Waals surface area contributed by atoms with Crippen LogP contribution in [0.3, 0.4) is 0 Å². The molecule has 2 rings (SSSR count). The largest absolute Gasteiger partial charge is 0.489 e. The minimum absolute atomic E-state index is 0.0996. The summed E-state index contributed by atoms with van der Waals surface area (Å²) in [4.78, 5) is 0. The zero-order valence-electron chi connectivity index (χ0n) is 9.77. The second-order valence-corrected chi connectivity index (χ2v) is 4.38. The number of hydrogen-bond donors (Lipinski definition) is 2. The Morgan fingerprint density at radius 2 is 1.83 bits per heavy atom. The quantitative estimate of drug-likeness (QED) is 0.834. The van der Waals surface area contributed by atoms with E-state index in [1.54, 1.807) is 18.2 Å². The van der Waals surface area contributed by atoms with Gasteiger partial charge < -0.3 is 15.6 Å². The van der Waals surface area contributed by atoms with Crippen LogP contribution >= 0.6 is 11.6 Å². The van der Waals surface area contributed by atoms with Crippen LogP contribution in [0.1, 0.15) is 11.1 Å². The van der Waals surface area contributed by atoms with Crippen LogP contribution in [0.15, 0.2) is 42.5 Å². The molecule has 0 saturated heterocycles. The number of rotatable bonds is 4. The number of hydrogen-bond acceptors (Lipinski definition) is 3. The van der Waals surface area contributed by atoms with Gasteiger partial charge in [0.2, 0.25) is 0 Å². The van der Waals surface area contributed by atoms with Crippen molar-refractivity contribution in [1.29, 1.82) is 0 Å². The zero-order valence-corrected chi connectivity index (χ0v) is 10.5. The Kier molecular flexibility index (Phi) is 4.07. The third-order valence-corrected chi connectivity index (χ3v) is 2.80. The van der Waals surface area contributed by atoms with Gasteiger partial charge >= 0.3 is 0 Å². The molecule has 4 heteroatoms. The highest BCUT2D eigenvalue weighted by Gasteiger charge is 2.04. The minimum atomic E-state index is -0.0996. The molecule has 3 N–H and O–H groups in total. The molecule has 94 valence electrons. The number of nitrogens with two attached hydrogens (primary N) is 1. The summed E-state index contributed by atoms with van der Waals surface area (Å²) in [5, 5.41) is 9.80. The number of aliphatic hydroxyl groups is 1. The monoisotopic (exact) mass is 263 g/mol. The molecule has 0 aliphatic carbocycles. The van der Waals surface area contributed by atoms with Gasteiger partial charge in [-0.15, -0.1) is 0 Å². The van der Waals surface area contributed by atoms with Gasteiger partial charge in [0.15, 0.2) is 0 Å². The van der Waals surface area contributed by atoms with E-state index in [1.807, 2.05) is 24.3 Å². The van der Waals surface area contributed by atoms with Crippen molar-refractivity contribution >= 4 is 17.3 Å². The lowest BCUT2D eigenvalue weighted by Crippen LogP contribution is -1.99. The second kappa shape index (κ2) is 5.76. The predicted octanol–water partition coefficient (Wildman–Crippen LogP) is 2.99. The lowest BCUT2D eigenvalue weighted by Gasteiger charge is -2.10. The molecule has 3 nitrogen and oxygen atoms in total. The molecule has 0 saturated carbocycles. The predicted molar refractivity (Wildman–Crippen MR) is 72.6 cm³/mol. The van der Waals surface area contributed by atoms with E-state index in [0.29, 0.717) is 22.9 Å². The fraction of sp³-hybridized carbons (Fsp3) is 0.143. The van der Waals surface area contributed by atoms with Crippen molar-refractivity contribution in [2.24, 2.45) is 0 Å². The molecule has 0 spiro atoms. The molecule has 0 amide bonds. The van der Waals surface area contributed by atoms with E-state index in [2.05, 4.69) is 0 Å². The highest BCUT2D eigenvalue weighted by molar-refractivity contribution is 6.30. The normalized spacial score (nSPS) is 10.3. The maximum atomic E-state index is 9.22. The van der Waals surface area contributed by atoms with E-state index in [1.165, 1.54) is 0 Å². The van der Waals surface area contributed by atoms with Crippen LogP contribution in [0.4, 0.5) is 5.69 Å². The Morgan fingerprint density at radius 3 is 2.50 bits per heavy atom. The maximum Gasteiger partial charge on any atom is 0.125 e. The number of ether oxygens (including phenoxy) is 1. The minimum Gasteiger partial charge on any atom is -0.489 e. The molecule has 0 unspecified atom stereocenters. The summed E-state index contributed by atoms with van der Waals surface area (Å²) in [6.07, 6.45) is 0. The number of benzene rings is 2. The molecule has 0 heterocycles. The van der Waals surface area contributed by atoms with Crippen molar-refractivity contribution in [3.63, 3.8) is 0 Å². The topological polar surface area (TPSA) is 55.5 Å². The van der Waals surface area contributed by atoms with Crippen LogP contribution in [0.5, 0.6) is 5.75 Å². The molecule has 0 aromatic heterocycles. The summed E-state index contributed by atoms with van der Waals surface area (Å²) in [6, 6.07) is 12.7. The van der Waals surface area contributed by atoms with Gasteiger partial charge in [-0.2, -0.15) is 0 Å². The summed E-state index contributed by atoms with van der Waals surface area (Å²) in [5.74, 6) is 0.638. The fourth-order valence-electron chi connectivity index (χ4n) is 1.59. The van der Waals surface area contributed by atoms with Gasteiger partial charge in [0.05, 0.1) is 6.61 Å². The molecule has 0 fully saturated rings. The van der Waals surface area contributed by atoms with Crippen molar-refractivity contribution in [3.8, 4) is 5.75 Å². The van der Waals surface area contributed by atoms with Gasteiger partial charge in [0.25, 0.3) is 0 Å². The van der Waals surface area contributed by atoms with Crippen molar-refractivity contribution in [1.82, 2.24) is 0 Å². The van der Waals surface area contributed by atoms with Gasteiger partial charge in [-0.25, -0.2) is 0 Å². The Balaban J connectivity index is 2.08. The van der Waals surface area contributed by atoms with E-state index in [0.717, 1.165) is 11.3 Å². The molecule has 2 aromatic rings. The fourth-order valence-corrected chi connectivity index (χ4v) is 1.78. The van der Waals surface area contributed by atoms with E-state index >= 15 is 0 Å². The van der Waals surface area contributed by atoms with Crippen LogP contribution in [0, 0.1) is 0 Å². The Morgan fingerprint density at radius 1 is 1.11 bits per heavy atom. The lowest BCUT2D eigenvalue weighted by atomic mass is 10.2. The third kappa shape index (κ3) is 3.15. The average Bonchev–Trinajstić information content (AvgIpc) is 2.39. The smallest absolute Gasteiger partial charge is 0.125 e. The van der Waals surface area contributed by atoms with Crippen LogP contribution in [-0.4, -0.2) is 5.11 Å². The first-order valence-electron chi connectivity index (χ1n) is 5.55. The van der Waals surface area contributed by atoms with Crippen LogP contribution in [-0.2, 0) is 13.2 Å². The van der Waals surface area contributed by atoms with Crippen LogP contribution in [0.25, 0.3) is 0 Å². The molecule has 0 bridgehead atoms. The standard InChI is InChI=1S/C14H14ClNO2/c15-12-3-6-14(11(7-12)8-17)18-9-10-1-4-13(16)5-2-10/h1-7,17H,8-9,16H2. The average molecular weight is 264 g/mol. The third-order valence-electron chi connectivity index (χ3n) is 2.57. The Bertz CT molecular complexity index is 526. The summed E-state index contributed by atoms with van der Waals surface area (Å²) < 4.78 is 5.65. The molecular formula is C14H14ClNO2. The van der Waals surface area contributed by atoms with E-state index < -0.39 is 0 Å². The highest BCUT2D eigenvalue weighted by atomic mass is 35.5. The summed E-state index contributed by atoms with van der Waals surface area (Å²) in [5.41, 5.74) is 8.03. The van der Waals surface area contributed by atoms with Crippen LogP contribution in [0.2, 0.25) is 5.02 Å². The number of aliphatic hydroxyl groups excluding tert-OH is 1. The van der Waals surface area contributed by atoms with Crippen molar-refractivity contribution in [2.45, 2.75) is 13.2 Å². The Hall–Kier alpha value is -1.71. The van der Waals surface area contributed by atoms with Gasteiger partial charge in [-0.05, 0) is 35.9 Å². The van der Waals surface area contributed by atoms with Gasteiger partial charge in [0, 0.05) is 16.3 Å². The first-order valence-corrected chi connectivity index (χ1v) is 5.93. The lowest BCUT2D eigenvalue weighted by molar-refractivity contribution is 0.259. The number of anilines is 1. The summed E-state index contributed by atoms with van der Waals surface area (Å²) >= 11 is 5.85.